The number of pyridine rings is 1. The Morgan fingerprint density at radius 3 is 2.83 bits per heavy atom. The number of aryl methyl sites for hydroxylation is 2. The van der Waals surface area contributed by atoms with Gasteiger partial charge in [-0.25, -0.2) is 9.97 Å². The largest absolute Gasteiger partial charge is 0.477 e. The summed E-state index contributed by atoms with van der Waals surface area (Å²) in [6, 6.07) is 12.3. The Bertz CT molecular complexity index is 991. The molecule has 1 fully saturated rings. The molecule has 7 nitrogen and oxygen atoms in total. The van der Waals surface area contributed by atoms with Crippen LogP contribution < -0.4 is 15.4 Å². The first-order valence-corrected chi connectivity index (χ1v) is 10.7. The van der Waals surface area contributed by atoms with Gasteiger partial charge >= 0.3 is 0 Å². The molecule has 0 atom stereocenters. The van der Waals surface area contributed by atoms with Gasteiger partial charge in [-0.2, -0.15) is 0 Å². The summed E-state index contributed by atoms with van der Waals surface area (Å²) in [7, 11) is 1.79. The van der Waals surface area contributed by atoms with Crippen molar-refractivity contribution < 1.29 is 4.74 Å². The molecular weight excluding hydrogens is 376 g/mol. The van der Waals surface area contributed by atoms with Crippen molar-refractivity contribution in [1.29, 1.82) is 0 Å². The first-order chi connectivity index (χ1) is 14.7. The zero-order valence-electron chi connectivity index (χ0n) is 17.8. The molecule has 1 aliphatic rings. The van der Waals surface area contributed by atoms with Crippen LogP contribution in [0, 0.1) is 12.8 Å². The molecule has 2 heterocycles. The van der Waals surface area contributed by atoms with Crippen molar-refractivity contribution in [2.24, 2.45) is 10.9 Å². The Kier molecular flexibility index (Phi) is 6.47. The van der Waals surface area contributed by atoms with Gasteiger partial charge in [0.05, 0.1) is 17.6 Å². The van der Waals surface area contributed by atoms with Crippen LogP contribution in [0.25, 0.3) is 11.0 Å². The molecule has 1 saturated carbocycles. The van der Waals surface area contributed by atoms with Gasteiger partial charge in [-0.1, -0.05) is 18.2 Å². The van der Waals surface area contributed by atoms with E-state index in [0.717, 1.165) is 54.9 Å². The summed E-state index contributed by atoms with van der Waals surface area (Å²) in [4.78, 5) is 13.3. The number of hydrogen-bond donors (Lipinski definition) is 2. The Morgan fingerprint density at radius 1 is 1.20 bits per heavy atom. The zero-order chi connectivity index (χ0) is 20.8. The summed E-state index contributed by atoms with van der Waals surface area (Å²) >= 11 is 0. The summed E-state index contributed by atoms with van der Waals surface area (Å²) < 4.78 is 7.96. The SMILES string of the molecule is CN=C(NCCCn1c(C)nc2ccccc21)NCc1ccc(OCC2CC2)nc1. The van der Waals surface area contributed by atoms with Crippen molar-refractivity contribution in [3.8, 4) is 5.88 Å². The molecule has 30 heavy (non-hydrogen) atoms. The van der Waals surface area contributed by atoms with Crippen molar-refractivity contribution >= 4 is 17.0 Å². The summed E-state index contributed by atoms with van der Waals surface area (Å²) in [5.74, 6) is 3.28. The average molecular weight is 407 g/mol. The number of aromatic nitrogens is 3. The van der Waals surface area contributed by atoms with Crippen molar-refractivity contribution in [3.05, 3.63) is 54.0 Å². The second-order valence-electron chi connectivity index (χ2n) is 7.76. The van der Waals surface area contributed by atoms with Crippen LogP contribution in [0.5, 0.6) is 5.88 Å². The maximum absolute atomic E-state index is 5.69. The zero-order valence-corrected chi connectivity index (χ0v) is 17.8. The fourth-order valence-electron chi connectivity index (χ4n) is 3.42. The van der Waals surface area contributed by atoms with E-state index >= 15 is 0 Å². The molecule has 0 radical (unpaired) electrons. The van der Waals surface area contributed by atoms with Crippen LogP contribution in [0.2, 0.25) is 0 Å². The number of fused-ring (bicyclic) bond motifs is 1. The fraction of sp³-hybridized carbons (Fsp3) is 0.435. The minimum Gasteiger partial charge on any atom is -0.477 e. The van der Waals surface area contributed by atoms with Crippen molar-refractivity contribution in [2.45, 2.75) is 39.3 Å². The molecule has 0 amide bonds. The predicted molar refractivity (Wildman–Crippen MR) is 120 cm³/mol. The predicted octanol–water partition coefficient (Wildman–Crippen LogP) is 3.28. The lowest BCUT2D eigenvalue weighted by molar-refractivity contribution is 0.288. The number of benzene rings is 1. The summed E-state index contributed by atoms with van der Waals surface area (Å²) in [5, 5.41) is 6.72. The van der Waals surface area contributed by atoms with Gasteiger partial charge in [0.2, 0.25) is 5.88 Å². The van der Waals surface area contributed by atoms with E-state index in [9.17, 15) is 0 Å². The molecular formula is C23H30N6O. The third-order valence-electron chi connectivity index (χ3n) is 5.34. The quantitative estimate of drug-likeness (QED) is 0.324. The normalized spacial score (nSPS) is 14.1. The van der Waals surface area contributed by atoms with Crippen molar-refractivity contribution in [1.82, 2.24) is 25.2 Å². The molecule has 7 heteroatoms. The van der Waals surface area contributed by atoms with Gasteiger partial charge in [0, 0.05) is 38.9 Å². The van der Waals surface area contributed by atoms with Gasteiger partial charge in [-0.05, 0) is 49.8 Å². The molecule has 158 valence electrons. The maximum atomic E-state index is 5.69. The first-order valence-electron chi connectivity index (χ1n) is 10.7. The Labute approximate surface area is 177 Å². The number of rotatable bonds is 9. The number of hydrogen-bond acceptors (Lipinski definition) is 4. The number of nitrogens with one attached hydrogen (secondary N) is 2. The highest BCUT2D eigenvalue weighted by Gasteiger charge is 2.22. The second kappa shape index (κ2) is 9.61. The third kappa shape index (κ3) is 5.28. The number of aliphatic imine (C=N–C) groups is 1. The number of nitrogens with zero attached hydrogens (tertiary/aromatic N) is 4. The molecule has 0 spiro atoms. The maximum Gasteiger partial charge on any atom is 0.213 e. The molecule has 0 saturated heterocycles. The van der Waals surface area contributed by atoms with Crippen LogP contribution in [0.4, 0.5) is 0 Å². The van der Waals surface area contributed by atoms with Crippen molar-refractivity contribution in [2.75, 3.05) is 20.2 Å². The highest BCUT2D eigenvalue weighted by molar-refractivity contribution is 5.79. The van der Waals surface area contributed by atoms with E-state index in [-0.39, 0.29) is 0 Å². The van der Waals surface area contributed by atoms with E-state index in [2.05, 4.69) is 55.3 Å². The molecule has 1 aromatic carbocycles. The molecule has 2 aromatic heterocycles. The monoisotopic (exact) mass is 406 g/mol. The van der Waals surface area contributed by atoms with Crippen LogP contribution >= 0.6 is 0 Å². The standard InChI is InChI=1S/C23H30N6O/c1-17-28-20-6-3-4-7-21(20)29(17)13-5-12-25-23(24-2)27-15-19-10-11-22(26-14-19)30-16-18-8-9-18/h3-4,6-7,10-11,14,18H,5,8-9,12-13,15-16H2,1-2H3,(H2,24,25,27). The average Bonchev–Trinajstić information content (AvgIpc) is 3.55. The second-order valence-corrected chi connectivity index (χ2v) is 7.76. The number of guanidine groups is 1. The molecule has 3 aromatic rings. The number of imidazole rings is 1. The van der Waals surface area contributed by atoms with Gasteiger partial charge < -0.3 is 19.9 Å². The molecule has 2 N–H and O–H groups in total. The minimum atomic E-state index is 0.668. The summed E-state index contributed by atoms with van der Waals surface area (Å²) in [5.41, 5.74) is 3.34. The van der Waals surface area contributed by atoms with E-state index in [0.29, 0.717) is 12.4 Å². The number of ether oxygens (including phenoxy) is 1. The third-order valence-corrected chi connectivity index (χ3v) is 5.34. The van der Waals surface area contributed by atoms with Crippen LogP contribution in [0.15, 0.2) is 47.6 Å². The Balaban J connectivity index is 1.19. The lowest BCUT2D eigenvalue weighted by atomic mass is 10.3. The smallest absolute Gasteiger partial charge is 0.213 e. The minimum absolute atomic E-state index is 0.668. The molecule has 0 unspecified atom stereocenters. The topological polar surface area (TPSA) is 76.4 Å². The van der Waals surface area contributed by atoms with E-state index < -0.39 is 0 Å². The summed E-state index contributed by atoms with van der Waals surface area (Å²) in [6.45, 7) is 5.26. The molecule has 4 rings (SSSR count). The van der Waals surface area contributed by atoms with E-state index in [4.69, 9.17) is 4.74 Å². The van der Waals surface area contributed by atoms with Crippen LogP contribution in [-0.4, -0.2) is 40.7 Å². The van der Waals surface area contributed by atoms with Gasteiger partial charge in [0.15, 0.2) is 5.96 Å². The molecule has 1 aliphatic carbocycles. The van der Waals surface area contributed by atoms with Crippen LogP contribution in [-0.2, 0) is 13.1 Å². The first kappa shape index (κ1) is 20.2. The highest BCUT2D eigenvalue weighted by atomic mass is 16.5. The molecule has 0 bridgehead atoms. The van der Waals surface area contributed by atoms with Gasteiger partial charge in [-0.3, -0.25) is 4.99 Å². The van der Waals surface area contributed by atoms with Crippen molar-refractivity contribution in [3.63, 3.8) is 0 Å². The Morgan fingerprint density at radius 2 is 2.07 bits per heavy atom. The van der Waals surface area contributed by atoms with Gasteiger partial charge in [-0.15, -0.1) is 0 Å². The van der Waals surface area contributed by atoms with Gasteiger partial charge in [0.1, 0.15) is 5.82 Å². The van der Waals surface area contributed by atoms with Crippen LogP contribution in [0.3, 0.4) is 0 Å². The number of para-hydroxylation sites is 2. The van der Waals surface area contributed by atoms with E-state index in [1.807, 2.05) is 24.4 Å². The highest BCUT2D eigenvalue weighted by Crippen LogP contribution is 2.29. The summed E-state index contributed by atoms with van der Waals surface area (Å²) in [6.07, 6.45) is 5.41. The van der Waals surface area contributed by atoms with E-state index in [1.54, 1.807) is 7.05 Å². The Hall–Kier alpha value is -3.09. The van der Waals surface area contributed by atoms with E-state index in [1.165, 1.54) is 18.4 Å². The molecule has 0 aliphatic heterocycles. The fourth-order valence-corrected chi connectivity index (χ4v) is 3.42. The lowest BCUT2D eigenvalue weighted by Crippen LogP contribution is -2.37. The lowest BCUT2D eigenvalue weighted by Gasteiger charge is -2.13. The van der Waals surface area contributed by atoms with Gasteiger partial charge in [0.25, 0.3) is 0 Å². The van der Waals surface area contributed by atoms with Crippen LogP contribution in [0.1, 0.15) is 30.7 Å².